The third kappa shape index (κ3) is 4.22. The summed E-state index contributed by atoms with van der Waals surface area (Å²) in [7, 11) is 0. The number of nitrogens with one attached hydrogen (secondary N) is 1. The van der Waals surface area contributed by atoms with Gasteiger partial charge in [0.2, 0.25) is 0 Å². The SMILES string of the molecule is O=C(N[C@H](CO)c1cccc(Cl)c1)c1ccc(-c2ccnc(F)n2)cc1. The van der Waals surface area contributed by atoms with Crippen LogP contribution in [0.15, 0.2) is 60.8 Å². The van der Waals surface area contributed by atoms with E-state index in [9.17, 15) is 14.3 Å². The summed E-state index contributed by atoms with van der Waals surface area (Å²) in [5.74, 6) is -0.343. The first-order valence-corrected chi connectivity index (χ1v) is 8.21. The zero-order valence-electron chi connectivity index (χ0n) is 13.6. The predicted octanol–water partition coefficient (Wildman–Crippen LogP) is 3.40. The van der Waals surface area contributed by atoms with E-state index in [1.165, 1.54) is 6.20 Å². The van der Waals surface area contributed by atoms with Crippen molar-refractivity contribution in [2.75, 3.05) is 6.61 Å². The number of amides is 1. The van der Waals surface area contributed by atoms with Gasteiger partial charge in [0.25, 0.3) is 5.91 Å². The maximum atomic E-state index is 13.1. The van der Waals surface area contributed by atoms with Crippen molar-refractivity contribution in [1.29, 1.82) is 0 Å². The van der Waals surface area contributed by atoms with Gasteiger partial charge in [0, 0.05) is 22.3 Å². The van der Waals surface area contributed by atoms with E-state index in [2.05, 4.69) is 15.3 Å². The molecule has 2 aromatic carbocycles. The highest BCUT2D eigenvalue weighted by atomic mass is 35.5. The fourth-order valence-corrected chi connectivity index (χ4v) is 2.69. The van der Waals surface area contributed by atoms with Crippen LogP contribution in [0.25, 0.3) is 11.3 Å². The second-order valence-electron chi connectivity index (χ2n) is 5.55. The first kappa shape index (κ1) is 18.0. The number of aromatic nitrogens is 2. The van der Waals surface area contributed by atoms with Gasteiger partial charge in [0.05, 0.1) is 18.3 Å². The van der Waals surface area contributed by atoms with Gasteiger partial charge < -0.3 is 10.4 Å². The summed E-state index contributed by atoms with van der Waals surface area (Å²) in [4.78, 5) is 19.6. The van der Waals surface area contributed by atoms with Gasteiger partial charge in [0.15, 0.2) is 0 Å². The molecule has 3 rings (SSSR count). The maximum Gasteiger partial charge on any atom is 0.309 e. The van der Waals surface area contributed by atoms with E-state index in [-0.39, 0.29) is 12.5 Å². The maximum absolute atomic E-state index is 13.1. The van der Waals surface area contributed by atoms with E-state index in [0.717, 1.165) is 0 Å². The Morgan fingerprint density at radius 2 is 1.96 bits per heavy atom. The van der Waals surface area contributed by atoms with Crippen LogP contribution in [0.3, 0.4) is 0 Å². The molecule has 0 radical (unpaired) electrons. The quantitative estimate of drug-likeness (QED) is 0.674. The Kier molecular flexibility index (Phi) is 5.55. The molecule has 0 aliphatic heterocycles. The molecule has 0 saturated carbocycles. The van der Waals surface area contributed by atoms with Gasteiger partial charge >= 0.3 is 6.08 Å². The zero-order chi connectivity index (χ0) is 18.5. The summed E-state index contributed by atoms with van der Waals surface area (Å²) in [6.45, 7) is -0.260. The van der Waals surface area contributed by atoms with Gasteiger partial charge in [-0.2, -0.15) is 4.39 Å². The summed E-state index contributed by atoms with van der Waals surface area (Å²) in [5, 5.41) is 12.9. The second-order valence-corrected chi connectivity index (χ2v) is 5.99. The summed E-state index contributed by atoms with van der Waals surface area (Å²) >= 11 is 5.95. The number of rotatable bonds is 5. The number of halogens is 2. The van der Waals surface area contributed by atoms with Crippen molar-refractivity contribution in [3.05, 3.63) is 83.0 Å². The Balaban J connectivity index is 1.75. The van der Waals surface area contributed by atoms with Crippen molar-refractivity contribution in [3.8, 4) is 11.3 Å². The number of hydrogen-bond donors (Lipinski definition) is 2. The van der Waals surface area contributed by atoms with E-state index in [1.54, 1.807) is 54.6 Å². The van der Waals surface area contributed by atoms with Crippen LogP contribution in [-0.4, -0.2) is 27.6 Å². The van der Waals surface area contributed by atoms with Crippen LogP contribution in [0.2, 0.25) is 5.02 Å². The number of aliphatic hydroxyl groups excluding tert-OH is 1. The molecule has 0 spiro atoms. The minimum absolute atomic E-state index is 0.260. The molecule has 0 saturated heterocycles. The first-order valence-electron chi connectivity index (χ1n) is 7.83. The van der Waals surface area contributed by atoms with Crippen LogP contribution >= 0.6 is 11.6 Å². The van der Waals surface area contributed by atoms with E-state index < -0.39 is 12.1 Å². The molecule has 132 valence electrons. The van der Waals surface area contributed by atoms with Gasteiger partial charge in [-0.05, 0) is 35.9 Å². The third-order valence-corrected chi connectivity index (χ3v) is 4.04. The number of aliphatic hydroxyl groups is 1. The van der Waals surface area contributed by atoms with E-state index >= 15 is 0 Å². The molecular weight excluding hydrogens is 357 g/mol. The van der Waals surface area contributed by atoms with Crippen LogP contribution in [-0.2, 0) is 0 Å². The van der Waals surface area contributed by atoms with Crippen molar-refractivity contribution >= 4 is 17.5 Å². The average Bonchev–Trinajstić information content (AvgIpc) is 2.66. The Bertz CT molecular complexity index is 919. The van der Waals surface area contributed by atoms with Crippen LogP contribution in [0, 0.1) is 6.08 Å². The van der Waals surface area contributed by atoms with Crippen LogP contribution in [0.1, 0.15) is 22.0 Å². The molecule has 1 amide bonds. The topological polar surface area (TPSA) is 75.1 Å². The summed E-state index contributed by atoms with van der Waals surface area (Å²) in [5.41, 5.74) is 2.21. The summed E-state index contributed by atoms with van der Waals surface area (Å²) < 4.78 is 13.1. The lowest BCUT2D eigenvalue weighted by Crippen LogP contribution is -2.30. The molecule has 7 heteroatoms. The molecule has 3 aromatic rings. The fraction of sp³-hybridized carbons (Fsp3) is 0.105. The largest absolute Gasteiger partial charge is 0.394 e. The number of carbonyl (C=O) groups is 1. The minimum atomic E-state index is -0.809. The van der Waals surface area contributed by atoms with E-state index in [4.69, 9.17) is 11.6 Å². The highest BCUT2D eigenvalue weighted by Gasteiger charge is 2.15. The van der Waals surface area contributed by atoms with Gasteiger partial charge in [-0.15, -0.1) is 0 Å². The fourth-order valence-electron chi connectivity index (χ4n) is 2.49. The Labute approximate surface area is 154 Å². The molecule has 26 heavy (non-hydrogen) atoms. The van der Waals surface area contributed by atoms with Crippen LogP contribution in [0.5, 0.6) is 0 Å². The van der Waals surface area contributed by atoms with E-state index in [0.29, 0.717) is 27.4 Å². The Hall–Kier alpha value is -2.83. The monoisotopic (exact) mass is 371 g/mol. The summed E-state index contributed by atoms with van der Waals surface area (Å²) in [6, 6.07) is 14.5. The molecule has 1 atom stereocenters. The molecule has 1 aromatic heterocycles. The molecule has 0 aliphatic carbocycles. The lowest BCUT2D eigenvalue weighted by molar-refractivity contribution is 0.0916. The normalized spacial score (nSPS) is 11.8. The predicted molar refractivity (Wildman–Crippen MR) is 96.2 cm³/mol. The standard InChI is InChI=1S/C19H15ClFN3O2/c20-15-3-1-2-14(10-15)17(11-25)23-18(26)13-6-4-12(5-7-13)16-8-9-22-19(21)24-16/h1-10,17,25H,11H2,(H,23,26)/t17-/m1/s1. The smallest absolute Gasteiger partial charge is 0.309 e. The van der Waals surface area contributed by atoms with Crippen molar-refractivity contribution in [2.24, 2.45) is 0 Å². The molecule has 2 N–H and O–H groups in total. The number of benzene rings is 2. The van der Waals surface area contributed by atoms with Gasteiger partial charge in [0.1, 0.15) is 0 Å². The lowest BCUT2D eigenvalue weighted by Gasteiger charge is -2.17. The number of carbonyl (C=O) groups excluding carboxylic acids is 1. The molecule has 0 unspecified atom stereocenters. The van der Waals surface area contributed by atoms with Crippen molar-refractivity contribution in [1.82, 2.24) is 15.3 Å². The first-order chi connectivity index (χ1) is 12.6. The summed E-state index contributed by atoms with van der Waals surface area (Å²) in [6.07, 6.45) is 0.520. The highest BCUT2D eigenvalue weighted by molar-refractivity contribution is 6.30. The number of nitrogens with zero attached hydrogens (tertiary/aromatic N) is 2. The van der Waals surface area contributed by atoms with Gasteiger partial charge in [-0.25, -0.2) is 9.97 Å². The molecule has 0 aliphatic rings. The Morgan fingerprint density at radius 1 is 1.19 bits per heavy atom. The van der Waals surface area contributed by atoms with Crippen LogP contribution in [0.4, 0.5) is 4.39 Å². The second kappa shape index (κ2) is 8.03. The zero-order valence-corrected chi connectivity index (χ0v) is 14.3. The molecular formula is C19H15ClFN3O2. The van der Waals surface area contributed by atoms with Crippen LogP contribution < -0.4 is 5.32 Å². The Morgan fingerprint density at radius 3 is 2.62 bits per heavy atom. The average molecular weight is 372 g/mol. The van der Waals surface area contributed by atoms with Crippen molar-refractivity contribution < 1.29 is 14.3 Å². The van der Waals surface area contributed by atoms with Gasteiger partial charge in [-0.3, -0.25) is 4.79 Å². The third-order valence-electron chi connectivity index (χ3n) is 3.81. The lowest BCUT2D eigenvalue weighted by atomic mass is 10.1. The highest BCUT2D eigenvalue weighted by Crippen LogP contribution is 2.20. The molecule has 0 fully saturated rings. The molecule has 5 nitrogen and oxygen atoms in total. The van der Waals surface area contributed by atoms with Crippen molar-refractivity contribution in [3.63, 3.8) is 0 Å². The van der Waals surface area contributed by atoms with Gasteiger partial charge in [-0.1, -0.05) is 35.9 Å². The van der Waals surface area contributed by atoms with Crippen molar-refractivity contribution in [2.45, 2.75) is 6.04 Å². The molecule has 0 bridgehead atoms. The number of hydrogen-bond acceptors (Lipinski definition) is 4. The molecule has 1 heterocycles. The minimum Gasteiger partial charge on any atom is -0.394 e. The van der Waals surface area contributed by atoms with E-state index in [1.807, 2.05) is 0 Å².